The van der Waals surface area contributed by atoms with Crippen molar-refractivity contribution < 1.29 is 19.0 Å². The molecule has 1 saturated heterocycles. The maximum absolute atomic E-state index is 13.1. The van der Waals surface area contributed by atoms with E-state index in [2.05, 4.69) is 5.43 Å². The van der Waals surface area contributed by atoms with E-state index >= 15 is 0 Å². The molecule has 1 aromatic heterocycles. The first-order valence-corrected chi connectivity index (χ1v) is 9.45. The summed E-state index contributed by atoms with van der Waals surface area (Å²) >= 11 is 0. The Labute approximate surface area is 169 Å². The molecule has 0 radical (unpaired) electrons. The fraction of sp³-hybridized carbons (Fsp3) is 0.273. The first-order chi connectivity index (χ1) is 14.2. The molecule has 7 nitrogen and oxygen atoms in total. The normalized spacial score (nSPS) is 14.6. The van der Waals surface area contributed by atoms with Gasteiger partial charge in [-0.3, -0.25) is 10.2 Å². The maximum atomic E-state index is 13.1. The molecule has 1 aliphatic rings. The van der Waals surface area contributed by atoms with Gasteiger partial charge < -0.3 is 14.2 Å². The molecule has 4 rings (SSSR count). The van der Waals surface area contributed by atoms with Gasteiger partial charge in [0.1, 0.15) is 11.5 Å². The first kappa shape index (κ1) is 19.2. The Morgan fingerprint density at radius 3 is 2.62 bits per heavy atom. The van der Waals surface area contributed by atoms with Gasteiger partial charge >= 0.3 is 0 Å². The highest BCUT2D eigenvalue weighted by Crippen LogP contribution is 2.34. The highest BCUT2D eigenvalue weighted by molar-refractivity contribution is 6.07. The van der Waals surface area contributed by atoms with E-state index in [4.69, 9.17) is 19.2 Å². The van der Waals surface area contributed by atoms with Crippen LogP contribution in [0.3, 0.4) is 0 Å². The standard InChI is InChI=1S/C22H23N3O4/c1-27-15-7-8-17(21(13-15)28-2)20-14-18(16-5-3-4-6-19(16)23-20)22(26)24-25-9-11-29-12-10-25/h3-8,13-14H,9-12H2,1-2H3,(H,24,26). The molecular formula is C22H23N3O4. The Hall–Kier alpha value is -3.16. The van der Waals surface area contributed by atoms with Gasteiger partial charge in [0.15, 0.2) is 0 Å². The van der Waals surface area contributed by atoms with E-state index in [9.17, 15) is 4.79 Å². The number of nitrogens with zero attached hydrogens (tertiary/aromatic N) is 2. The molecule has 1 N–H and O–H groups in total. The van der Waals surface area contributed by atoms with Crippen molar-refractivity contribution in [1.29, 1.82) is 0 Å². The predicted octanol–water partition coefficient (Wildman–Crippen LogP) is 2.90. The third-order valence-corrected chi connectivity index (χ3v) is 4.92. The zero-order valence-corrected chi connectivity index (χ0v) is 16.5. The number of amides is 1. The molecule has 1 amide bonds. The summed E-state index contributed by atoms with van der Waals surface area (Å²) in [5.74, 6) is 1.16. The number of benzene rings is 2. The summed E-state index contributed by atoms with van der Waals surface area (Å²) in [6.45, 7) is 2.53. The second-order valence-electron chi connectivity index (χ2n) is 6.68. The van der Waals surface area contributed by atoms with Crippen molar-refractivity contribution in [2.24, 2.45) is 0 Å². The van der Waals surface area contributed by atoms with Crippen LogP contribution in [0.5, 0.6) is 11.5 Å². The minimum atomic E-state index is -0.167. The van der Waals surface area contributed by atoms with Crippen LogP contribution < -0.4 is 14.9 Å². The lowest BCUT2D eigenvalue weighted by Crippen LogP contribution is -2.48. The molecule has 1 aliphatic heterocycles. The number of hydrogen-bond acceptors (Lipinski definition) is 6. The first-order valence-electron chi connectivity index (χ1n) is 9.45. The highest BCUT2D eigenvalue weighted by Gasteiger charge is 2.19. The van der Waals surface area contributed by atoms with E-state index in [1.807, 2.05) is 47.5 Å². The molecule has 0 unspecified atom stereocenters. The number of para-hydroxylation sites is 1. The average Bonchev–Trinajstić information content (AvgIpc) is 2.78. The Balaban J connectivity index is 1.78. The molecule has 3 aromatic rings. The van der Waals surface area contributed by atoms with Gasteiger partial charge in [-0.2, -0.15) is 0 Å². The topological polar surface area (TPSA) is 72.9 Å². The second-order valence-corrected chi connectivity index (χ2v) is 6.68. The smallest absolute Gasteiger partial charge is 0.266 e. The van der Waals surface area contributed by atoms with Crippen LogP contribution in [0.25, 0.3) is 22.2 Å². The predicted molar refractivity (Wildman–Crippen MR) is 110 cm³/mol. The number of rotatable bonds is 5. The molecule has 150 valence electrons. The largest absolute Gasteiger partial charge is 0.497 e. The van der Waals surface area contributed by atoms with Crippen LogP contribution in [0, 0.1) is 0 Å². The number of morpholine rings is 1. The summed E-state index contributed by atoms with van der Waals surface area (Å²) < 4.78 is 16.2. The van der Waals surface area contributed by atoms with Gasteiger partial charge in [0.05, 0.1) is 44.2 Å². The molecule has 0 atom stereocenters. The van der Waals surface area contributed by atoms with Crippen LogP contribution in [0.15, 0.2) is 48.5 Å². The van der Waals surface area contributed by atoms with E-state index in [1.165, 1.54) is 0 Å². The lowest BCUT2D eigenvalue weighted by atomic mass is 10.0. The van der Waals surface area contributed by atoms with E-state index < -0.39 is 0 Å². The number of fused-ring (bicyclic) bond motifs is 1. The molecular weight excluding hydrogens is 370 g/mol. The molecule has 0 aliphatic carbocycles. The molecule has 0 saturated carbocycles. The third-order valence-electron chi connectivity index (χ3n) is 4.92. The fourth-order valence-electron chi connectivity index (χ4n) is 3.39. The number of carbonyl (C=O) groups excluding carboxylic acids is 1. The van der Waals surface area contributed by atoms with Crippen LogP contribution >= 0.6 is 0 Å². The summed E-state index contributed by atoms with van der Waals surface area (Å²) in [6, 6.07) is 15.0. The van der Waals surface area contributed by atoms with Gasteiger partial charge in [-0.1, -0.05) is 18.2 Å². The zero-order chi connectivity index (χ0) is 20.2. The van der Waals surface area contributed by atoms with Crippen molar-refractivity contribution >= 4 is 16.8 Å². The zero-order valence-electron chi connectivity index (χ0n) is 16.5. The Morgan fingerprint density at radius 1 is 1.07 bits per heavy atom. The SMILES string of the molecule is COc1ccc(-c2cc(C(=O)NN3CCOCC3)c3ccccc3n2)c(OC)c1. The Kier molecular flexibility index (Phi) is 5.59. The van der Waals surface area contributed by atoms with Crippen molar-refractivity contribution in [3.05, 3.63) is 54.1 Å². The third kappa shape index (κ3) is 4.01. The van der Waals surface area contributed by atoms with Crippen molar-refractivity contribution in [3.63, 3.8) is 0 Å². The van der Waals surface area contributed by atoms with Crippen LogP contribution in [-0.2, 0) is 4.74 Å². The molecule has 1 fully saturated rings. The summed E-state index contributed by atoms with van der Waals surface area (Å²) in [5, 5.41) is 2.68. The number of carbonyl (C=O) groups is 1. The monoisotopic (exact) mass is 393 g/mol. The van der Waals surface area contributed by atoms with Crippen molar-refractivity contribution in [2.75, 3.05) is 40.5 Å². The van der Waals surface area contributed by atoms with Crippen LogP contribution in [0.2, 0.25) is 0 Å². The van der Waals surface area contributed by atoms with Gasteiger partial charge in [0.2, 0.25) is 0 Å². The minimum absolute atomic E-state index is 0.167. The molecule has 7 heteroatoms. The Morgan fingerprint density at radius 2 is 1.86 bits per heavy atom. The average molecular weight is 393 g/mol. The van der Waals surface area contributed by atoms with E-state index in [0.29, 0.717) is 49.1 Å². The van der Waals surface area contributed by atoms with Gasteiger partial charge in [0.25, 0.3) is 5.91 Å². The van der Waals surface area contributed by atoms with Crippen LogP contribution in [-0.4, -0.2) is 56.4 Å². The Bertz CT molecular complexity index is 1030. The fourth-order valence-corrected chi connectivity index (χ4v) is 3.39. The molecule has 0 spiro atoms. The van der Waals surface area contributed by atoms with Crippen LogP contribution in [0.1, 0.15) is 10.4 Å². The number of aromatic nitrogens is 1. The van der Waals surface area contributed by atoms with Gasteiger partial charge in [-0.15, -0.1) is 0 Å². The van der Waals surface area contributed by atoms with Gasteiger partial charge in [-0.05, 0) is 24.3 Å². The van der Waals surface area contributed by atoms with E-state index in [1.54, 1.807) is 20.3 Å². The minimum Gasteiger partial charge on any atom is -0.497 e. The molecule has 2 heterocycles. The number of hydrazine groups is 1. The van der Waals surface area contributed by atoms with Crippen molar-refractivity contribution in [1.82, 2.24) is 15.4 Å². The summed E-state index contributed by atoms with van der Waals surface area (Å²) in [7, 11) is 3.21. The quantitative estimate of drug-likeness (QED) is 0.719. The maximum Gasteiger partial charge on any atom is 0.266 e. The van der Waals surface area contributed by atoms with Gasteiger partial charge in [0, 0.05) is 30.1 Å². The van der Waals surface area contributed by atoms with Crippen LogP contribution in [0.4, 0.5) is 0 Å². The summed E-state index contributed by atoms with van der Waals surface area (Å²) in [6.07, 6.45) is 0. The summed E-state index contributed by atoms with van der Waals surface area (Å²) in [4.78, 5) is 17.9. The number of ether oxygens (including phenoxy) is 3. The molecule has 0 bridgehead atoms. The second kappa shape index (κ2) is 8.46. The number of pyridine rings is 1. The lowest BCUT2D eigenvalue weighted by Gasteiger charge is -2.27. The van der Waals surface area contributed by atoms with Crippen molar-refractivity contribution in [3.8, 4) is 22.8 Å². The number of hydrogen-bond donors (Lipinski definition) is 1. The lowest BCUT2D eigenvalue weighted by molar-refractivity contribution is 0.0127. The van der Waals surface area contributed by atoms with Gasteiger partial charge in [-0.25, -0.2) is 9.99 Å². The molecule has 29 heavy (non-hydrogen) atoms. The summed E-state index contributed by atoms with van der Waals surface area (Å²) in [5.41, 5.74) is 5.75. The number of methoxy groups -OCH3 is 2. The van der Waals surface area contributed by atoms with Crippen molar-refractivity contribution in [2.45, 2.75) is 0 Å². The van der Waals surface area contributed by atoms with E-state index in [0.717, 1.165) is 16.5 Å². The molecule has 2 aromatic carbocycles. The van der Waals surface area contributed by atoms with E-state index in [-0.39, 0.29) is 5.91 Å². The highest BCUT2D eigenvalue weighted by atomic mass is 16.5. The number of nitrogens with one attached hydrogen (secondary N) is 1.